The first-order chi connectivity index (χ1) is 9.31. The Bertz CT molecular complexity index is 609. The summed E-state index contributed by atoms with van der Waals surface area (Å²) in [7, 11) is 0. The molecule has 0 bridgehead atoms. The lowest BCUT2D eigenvalue weighted by molar-refractivity contribution is 0.0747. The molecule has 3 nitrogen and oxygen atoms in total. The van der Waals surface area contributed by atoms with Crippen LogP contribution in [0.3, 0.4) is 0 Å². The summed E-state index contributed by atoms with van der Waals surface area (Å²) in [5, 5.41) is 2.84. The van der Waals surface area contributed by atoms with E-state index in [0.29, 0.717) is 11.7 Å². The number of pyridine rings is 1. The molecule has 1 aliphatic heterocycles. The molecule has 2 aromatic rings. The largest absolute Gasteiger partial charge is 0.333 e. The van der Waals surface area contributed by atoms with Crippen LogP contribution in [-0.2, 0) is 0 Å². The zero-order chi connectivity index (χ0) is 13.2. The van der Waals surface area contributed by atoms with E-state index in [2.05, 4.69) is 20.9 Å². The first-order valence-electron chi connectivity index (χ1n) is 6.52. The zero-order valence-electron chi connectivity index (χ0n) is 10.6. The van der Waals surface area contributed by atoms with E-state index in [0.717, 1.165) is 35.5 Å². The van der Waals surface area contributed by atoms with E-state index in [1.54, 1.807) is 6.20 Å². The topological polar surface area (TPSA) is 33.2 Å². The van der Waals surface area contributed by atoms with Gasteiger partial charge in [0.2, 0.25) is 0 Å². The molecule has 4 heteroatoms. The molecule has 0 N–H and O–H groups in total. The van der Waals surface area contributed by atoms with E-state index < -0.39 is 0 Å². The number of amides is 1. The summed E-state index contributed by atoms with van der Waals surface area (Å²) in [6.45, 7) is 0.833. The fraction of sp³-hybridized carbons (Fsp3) is 0.333. The number of halogens is 1. The minimum Gasteiger partial charge on any atom is -0.333 e. The van der Waals surface area contributed by atoms with E-state index in [1.807, 2.05) is 35.2 Å². The highest BCUT2D eigenvalue weighted by Gasteiger charge is 2.29. The number of hydrogen-bond donors (Lipinski definition) is 0. The number of aromatic nitrogens is 1. The molecule has 1 saturated heterocycles. The smallest absolute Gasteiger partial charge is 0.273 e. The number of nitrogens with zero attached hydrogens (tertiary/aromatic N) is 2. The van der Waals surface area contributed by atoms with Gasteiger partial charge in [0, 0.05) is 29.5 Å². The molecule has 1 aliphatic rings. The lowest BCUT2D eigenvalue weighted by Gasteiger charge is -2.23. The third kappa shape index (κ3) is 2.25. The summed E-state index contributed by atoms with van der Waals surface area (Å²) < 4.78 is 0. The third-order valence-electron chi connectivity index (χ3n) is 3.69. The van der Waals surface area contributed by atoms with Gasteiger partial charge in [-0.15, -0.1) is 0 Å². The first kappa shape index (κ1) is 12.6. The second-order valence-electron chi connectivity index (χ2n) is 4.83. The van der Waals surface area contributed by atoms with Gasteiger partial charge in [-0.3, -0.25) is 9.78 Å². The van der Waals surface area contributed by atoms with Crippen molar-refractivity contribution < 1.29 is 4.79 Å². The van der Waals surface area contributed by atoms with Crippen molar-refractivity contribution in [3.8, 4) is 0 Å². The zero-order valence-corrected chi connectivity index (χ0v) is 12.1. The molecule has 1 aromatic heterocycles. The summed E-state index contributed by atoms with van der Waals surface area (Å²) in [5.74, 6) is 0.0544. The van der Waals surface area contributed by atoms with Gasteiger partial charge in [0.1, 0.15) is 5.69 Å². The van der Waals surface area contributed by atoms with Gasteiger partial charge in [-0.05, 0) is 24.3 Å². The molecule has 1 unspecified atom stereocenters. The average Bonchev–Trinajstić information content (AvgIpc) is 2.94. The molecule has 0 aliphatic carbocycles. The molecule has 1 atom stereocenters. The highest BCUT2D eigenvalue weighted by molar-refractivity contribution is 9.09. The predicted molar refractivity (Wildman–Crippen MR) is 79.6 cm³/mol. The Kier molecular flexibility index (Phi) is 3.51. The van der Waals surface area contributed by atoms with Crippen LogP contribution in [0.1, 0.15) is 23.3 Å². The van der Waals surface area contributed by atoms with Crippen LogP contribution >= 0.6 is 15.9 Å². The highest BCUT2D eigenvalue weighted by Crippen LogP contribution is 2.24. The predicted octanol–water partition coefficient (Wildman–Crippen LogP) is 3.23. The van der Waals surface area contributed by atoms with Gasteiger partial charge in [-0.1, -0.05) is 40.2 Å². The SMILES string of the molecule is O=C(c1nccc2ccccc12)N1CCCC1CBr. The van der Waals surface area contributed by atoms with Gasteiger partial charge < -0.3 is 4.90 Å². The normalized spacial score (nSPS) is 19.0. The number of rotatable bonds is 2. The van der Waals surface area contributed by atoms with E-state index in [4.69, 9.17) is 0 Å². The number of benzene rings is 1. The second-order valence-corrected chi connectivity index (χ2v) is 5.48. The van der Waals surface area contributed by atoms with Gasteiger partial charge in [-0.25, -0.2) is 0 Å². The van der Waals surface area contributed by atoms with Crippen molar-refractivity contribution in [3.63, 3.8) is 0 Å². The number of alkyl halides is 1. The van der Waals surface area contributed by atoms with Crippen molar-refractivity contribution in [2.45, 2.75) is 18.9 Å². The van der Waals surface area contributed by atoms with Crippen LogP contribution in [0, 0.1) is 0 Å². The van der Waals surface area contributed by atoms with Gasteiger partial charge in [0.15, 0.2) is 0 Å². The molecular weight excluding hydrogens is 304 g/mol. The second kappa shape index (κ2) is 5.29. The third-order valence-corrected chi connectivity index (χ3v) is 4.44. The summed E-state index contributed by atoms with van der Waals surface area (Å²) in [4.78, 5) is 18.9. The van der Waals surface area contributed by atoms with Crippen molar-refractivity contribution in [1.82, 2.24) is 9.88 Å². The molecule has 98 valence electrons. The molecule has 0 spiro atoms. The Morgan fingerprint density at radius 1 is 1.37 bits per heavy atom. The molecule has 1 amide bonds. The maximum Gasteiger partial charge on any atom is 0.273 e. The van der Waals surface area contributed by atoms with Gasteiger partial charge in [0.05, 0.1) is 0 Å². The number of likely N-dealkylation sites (tertiary alicyclic amines) is 1. The molecule has 1 aromatic carbocycles. The van der Waals surface area contributed by atoms with Crippen molar-refractivity contribution >= 4 is 32.6 Å². The van der Waals surface area contributed by atoms with Gasteiger partial charge in [0.25, 0.3) is 5.91 Å². The van der Waals surface area contributed by atoms with Crippen LogP contribution in [0.25, 0.3) is 10.8 Å². The number of hydrogen-bond acceptors (Lipinski definition) is 2. The Morgan fingerprint density at radius 3 is 3.05 bits per heavy atom. The maximum absolute atomic E-state index is 12.7. The minimum absolute atomic E-state index is 0.0544. The lowest BCUT2D eigenvalue weighted by atomic mass is 10.1. The molecule has 1 fully saturated rings. The van der Waals surface area contributed by atoms with E-state index >= 15 is 0 Å². The average molecular weight is 319 g/mol. The van der Waals surface area contributed by atoms with E-state index in [1.165, 1.54) is 0 Å². The molecule has 19 heavy (non-hydrogen) atoms. The Labute approximate surface area is 120 Å². The minimum atomic E-state index is 0.0544. The lowest BCUT2D eigenvalue weighted by Crippen LogP contribution is -2.37. The number of carbonyl (C=O) groups is 1. The van der Waals surface area contributed by atoms with Gasteiger partial charge in [-0.2, -0.15) is 0 Å². The fourth-order valence-electron chi connectivity index (χ4n) is 2.69. The van der Waals surface area contributed by atoms with Crippen molar-refractivity contribution in [1.29, 1.82) is 0 Å². The van der Waals surface area contributed by atoms with Gasteiger partial charge >= 0.3 is 0 Å². The van der Waals surface area contributed by atoms with Crippen LogP contribution in [-0.4, -0.2) is 33.7 Å². The van der Waals surface area contributed by atoms with Crippen LogP contribution in [0.15, 0.2) is 36.5 Å². The quantitative estimate of drug-likeness (QED) is 0.796. The Balaban J connectivity index is 2.02. The number of carbonyl (C=O) groups excluding carboxylic acids is 1. The summed E-state index contributed by atoms with van der Waals surface area (Å²) in [6.07, 6.45) is 3.86. The summed E-state index contributed by atoms with van der Waals surface area (Å²) in [5.41, 5.74) is 0.575. The fourth-order valence-corrected chi connectivity index (χ4v) is 3.36. The molecule has 2 heterocycles. The van der Waals surface area contributed by atoms with Crippen molar-refractivity contribution in [2.24, 2.45) is 0 Å². The molecule has 3 rings (SSSR count). The number of fused-ring (bicyclic) bond motifs is 1. The standard InChI is InChI=1S/C15H15BrN2O/c16-10-12-5-3-9-18(12)15(19)14-13-6-2-1-4-11(13)7-8-17-14/h1-2,4,6-8,12H,3,5,9-10H2. The van der Waals surface area contributed by atoms with E-state index in [-0.39, 0.29) is 5.91 Å². The molecule has 0 radical (unpaired) electrons. The van der Waals surface area contributed by atoms with Crippen molar-refractivity contribution in [2.75, 3.05) is 11.9 Å². The van der Waals surface area contributed by atoms with Crippen molar-refractivity contribution in [3.05, 3.63) is 42.2 Å². The highest BCUT2D eigenvalue weighted by atomic mass is 79.9. The Morgan fingerprint density at radius 2 is 2.21 bits per heavy atom. The monoisotopic (exact) mass is 318 g/mol. The molecular formula is C15H15BrN2O. The summed E-state index contributed by atoms with van der Waals surface area (Å²) in [6, 6.07) is 10.2. The summed E-state index contributed by atoms with van der Waals surface area (Å²) >= 11 is 3.49. The van der Waals surface area contributed by atoms with Crippen LogP contribution in [0.4, 0.5) is 0 Å². The Hall–Kier alpha value is -1.42. The van der Waals surface area contributed by atoms with Crippen LogP contribution in [0.2, 0.25) is 0 Å². The van der Waals surface area contributed by atoms with Crippen LogP contribution in [0.5, 0.6) is 0 Å². The van der Waals surface area contributed by atoms with Crippen LogP contribution < -0.4 is 0 Å². The van der Waals surface area contributed by atoms with E-state index in [9.17, 15) is 4.79 Å². The molecule has 0 saturated carbocycles. The first-order valence-corrected chi connectivity index (χ1v) is 7.64. The maximum atomic E-state index is 12.7.